The Labute approximate surface area is 129 Å². The molecule has 0 aliphatic heterocycles. The number of hydrogen-bond acceptors (Lipinski definition) is 2. The van der Waals surface area contributed by atoms with E-state index in [9.17, 15) is 13.2 Å². The maximum Gasteiger partial charge on any atom is 0.401 e. The molecule has 1 aromatic carbocycles. The molecule has 0 aliphatic rings. The average Bonchev–Trinajstić information content (AvgIpc) is 2.36. The molecule has 0 aliphatic carbocycles. The summed E-state index contributed by atoms with van der Waals surface area (Å²) in [6.45, 7) is 4.36. The summed E-state index contributed by atoms with van der Waals surface area (Å²) in [5, 5.41) is 0.497. The van der Waals surface area contributed by atoms with E-state index in [1.165, 1.54) is 4.90 Å². The van der Waals surface area contributed by atoms with Crippen molar-refractivity contribution in [3.05, 3.63) is 34.9 Å². The molecule has 2 N–H and O–H groups in total. The lowest BCUT2D eigenvalue weighted by Gasteiger charge is -2.38. The number of halogens is 4. The van der Waals surface area contributed by atoms with Crippen LogP contribution in [-0.4, -0.2) is 29.7 Å². The monoisotopic (exact) mass is 322 g/mol. The van der Waals surface area contributed by atoms with E-state index in [-0.39, 0.29) is 6.04 Å². The van der Waals surface area contributed by atoms with Crippen molar-refractivity contribution in [3.63, 3.8) is 0 Å². The Morgan fingerprint density at radius 1 is 1.29 bits per heavy atom. The Bertz CT molecular complexity index is 449. The fraction of sp³-hybridized carbons (Fsp3) is 0.600. The summed E-state index contributed by atoms with van der Waals surface area (Å²) in [7, 11) is 0. The van der Waals surface area contributed by atoms with E-state index in [4.69, 9.17) is 17.3 Å². The first-order chi connectivity index (χ1) is 9.65. The van der Waals surface area contributed by atoms with Crippen LogP contribution in [0.5, 0.6) is 0 Å². The minimum Gasteiger partial charge on any atom is -0.326 e. The molecule has 2 nitrogen and oxygen atoms in total. The molecule has 1 aromatic rings. The number of rotatable bonds is 6. The van der Waals surface area contributed by atoms with E-state index in [1.807, 2.05) is 6.92 Å². The SMILES string of the molecule is CCC(N)C(c1cccc(Cl)c1)N(CC(F)(F)F)C(C)C. The summed E-state index contributed by atoms with van der Waals surface area (Å²) in [5.74, 6) is 0. The van der Waals surface area contributed by atoms with Crippen LogP contribution in [0.1, 0.15) is 38.8 Å². The van der Waals surface area contributed by atoms with E-state index >= 15 is 0 Å². The van der Waals surface area contributed by atoms with Crippen LogP contribution in [-0.2, 0) is 0 Å². The highest BCUT2D eigenvalue weighted by molar-refractivity contribution is 6.30. The number of nitrogens with zero attached hydrogens (tertiary/aromatic N) is 1. The molecule has 0 amide bonds. The highest BCUT2D eigenvalue weighted by Gasteiger charge is 2.37. The third-order valence-corrected chi connectivity index (χ3v) is 3.68. The molecule has 0 saturated heterocycles. The molecule has 0 bridgehead atoms. The number of nitrogens with two attached hydrogens (primary N) is 1. The van der Waals surface area contributed by atoms with Gasteiger partial charge in [0.05, 0.1) is 12.6 Å². The van der Waals surface area contributed by atoms with E-state index in [2.05, 4.69) is 0 Å². The zero-order valence-corrected chi connectivity index (χ0v) is 13.2. The van der Waals surface area contributed by atoms with Crippen LogP contribution in [0.2, 0.25) is 5.02 Å². The fourth-order valence-electron chi connectivity index (χ4n) is 2.41. The molecular formula is C15H22ClF3N2. The second kappa shape index (κ2) is 7.47. The van der Waals surface area contributed by atoms with Gasteiger partial charge in [0.25, 0.3) is 0 Å². The lowest BCUT2D eigenvalue weighted by molar-refractivity contribution is -0.156. The smallest absolute Gasteiger partial charge is 0.326 e. The molecule has 0 aromatic heterocycles. The molecule has 120 valence electrons. The first kappa shape index (κ1) is 18.3. The van der Waals surface area contributed by atoms with Gasteiger partial charge in [-0.15, -0.1) is 0 Å². The van der Waals surface area contributed by atoms with Gasteiger partial charge in [0.2, 0.25) is 0 Å². The Hall–Kier alpha value is -0.780. The van der Waals surface area contributed by atoms with Gasteiger partial charge in [-0.25, -0.2) is 0 Å². The number of alkyl halides is 3. The van der Waals surface area contributed by atoms with Crippen LogP contribution in [0.15, 0.2) is 24.3 Å². The zero-order valence-electron chi connectivity index (χ0n) is 12.5. The molecule has 2 unspecified atom stereocenters. The maximum absolute atomic E-state index is 12.9. The van der Waals surface area contributed by atoms with Crippen LogP contribution >= 0.6 is 11.6 Å². The molecule has 0 fully saturated rings. The minimum atomic E-state index is -4.27. The summed E-state index contributed by atoms with van der Waals surface area (Å²) >= 11 is 5.97. The van der Waals surface area contributed by atoms with Crippen molar-refractivity contribution >= 4 is 11.6 Å². The average molecular weight is 323 g/mol. The van der Waals surface area contributed by atoms with Gasteiger partial charge >= 0.3 is 6.18 Å². The van der Waals surface area contributed by atoms with Gasteiger partial charge in [-0.2, -0.15) is 13.2 Å². The van der Waals surface area contributed by atoms with Crippen molar-refractivity contribution in [1.82, 2.24) is 4.90 Å². The number of hydrogen-bond donors (Lipinski definition) is 1. The standard InChI is InChI=1S/C15H22ClF3N2/c1-4-13(20)14(11-6-5-7-12(16)8-11)21(10(2)3)9-15(17,18)19/h5-8,10,13-14H,4,9,20H2,1-3H3. The van der Waals surface area contributed by atoms with Crippen LogP contribution in [0.3, 0.4) is 0 Å². The van der Waals surface area contributed by atoms with Crippen molar-refractivity contribution in [2.75, 3.05) is 6.54 Å². The summed E-state index contributed by atoms with van der Waals surface area (Å²) < 4.78 is 38.6. The molecule has 21 heavy (non-hydrogen) atoms. The van der Waals surface area contributed by atoms with E-state index in [0.29, 0.717) is 11.4 Å². The van der Waals surface area contributed by atoms with Gasteiger partial charge in [0, 0.05) is 17.1 Å². The summed E-state index contributed by atoms with van der Waals surface area (Å²) in [5.41, 5.74) is 6.82. The molecule has 0 radical (unpaired) electrons. The van der Waals surface area contributed by atoms with Crippen molar-refractivity contribution in [3.8, 4) is 0 Å². The van der Waals surface area contributed by atoms with Crippen molar-refractivity contribution in [2.24, 2.45) is 5.73 Å². The first-order valence-electron chi connectivity index (χ1n) is 6.99. The summed E-state index contributed by atoms with van der Waals surface area (Å²) in [6.07, 6.45) is -3.69. The van der Waals surface area contributed by atoms with Crippen molar-refractivity contribution in [2.45, 2.75) is 51.5 Å². The number of benzene rings is 1. The molecule has 1 rings (SSSR count). The Balaban J connectivity index is 3.21. The van der Waals surface area contributed by atoms with Crippen molar-refractivity contribution < 1.29 is 13.2 Å². The van der Waals surface area contributed by atoms with Crippen molar-refractivity contribution in [1.29, 1.82) is 0 Å². The van der Waals surface area contributed by atoms with Gasteiger partial charge < -0.3 is 5.73 Å². The van der Waals surface area contributed by atoms with Gasteiger partial charge in [-0.3, -0.25) is 4.90 Å². The Kier molecular flexibility index (Phi) is 6.50. The lowest BCUT2D eigenvalue weighted by Crippen LogP contribution is -2.48. The first-order valence-corrected chi connectivity index (χ1v) is 7.37. The van der Waals surface area contributed by atoms with Crippen LogP contribution in [0, 0.1) is 0 Å². The van der Waals surface area contributed by atoms with Gasteiger partial charge in [0.15, 0.2) is 0 Å². The second-order valence-electron chi connectivity index (χ2n) is 5.45. The molecule has 0 heterocycles. The third kappa shape index (κ3) is 5.49. The largest absolute Gasteiger partial charge is 0.401 e. The molecule has 0 saturated carbocycles. The van der Waals surface area contributed by atoms with E-state index < -0.39 is 24.8 Å². The predicted molar refractivity (Wildman–Crippen MR) is 80.4 cm³/mol. The Morgan fingerprint density at radius 2 is 1.90 bits per heavy atom. The summed E-state index contributed by atoms with van der Waals surface area (Å²) in [4.78, 5) is 1.39. The molecular weight excluding hydrogens is 301 g/mol. The van der Waals surface area contributed by atoms with Gasteiger partial charge in [-0.1, -0.05) is 30.7 Å². The van der Waals surface area contributed by atoms with E-state index in [1.54, 1.807) is 38.1 Å². The van der Waals surface area contributed by atoms with Gasteiger partial charge in [-0.05, 0) is 38.0 Å². The van der Waals surface area contributed by atoms with Gasteiger partial charge in [0.1, 0.15) is 0 Å². The van der Waals surface area contributed by atoms with Crippen LogP contribution in [0.25, 0.3) is 0 Å². The minimum absolute atomic E-state index is 0.284. The van der Waals surface area contributed by atoms with E-state index in [0.717, 1.165) is 5.56 Å². The highest BCUT2D eigenvalue weighted by atomic mass is 35.5. The maximum atomic E-state index is 12.9. The summed E-state index contributed by atoms with van der Waals surface area (Å²) in [6, 6.07) is 5.70. The zero-order chi connectivity index (χ0) is 16.2. The lowest BCUT2D eigenvalue weighted by atomic mass is 9.95. The highest BCUT2D eigenvalue weighted by Crippen LogP contribution is 2.31. The predicted octanol–water partition coefficient (Wildman–Crippen LogP) is 4.39. The normalized spacial score (nSPS) is 15.5. The van der Waals surface area contributed by atoms with Crippen LogP contribution in [0.4, 0.5) is 13.2 Å². The quantitative estimate of drug-likeness (QED) is 0.841. The molecule has 6 heteroatoms. The Morgan fingerprint density at radius 3 is 2.33 bits per heavy atom. The van der Waals surface area contributed by atoms with Crippen LogP contribution < -0.4 is 5.73 Å². The fourth-order valence-corrected chi connectivity index (χ4v) is 2.61. The molecule has 2 atom stereocenters. The third-order valence-electron chi connectivity index (χ3n) is 3.45. The second-order valence-corrected chi connectivity index (χ2v) is 5.89. The topological polar surface area (TPSA) is 29.3 Å². The molecule has 0 spiro atoms.